The number of rotatable bonds is 2. The minimum absolute atomic E-state index is 0.00203. The molecule has 26 heavy (non-hydrogen) atoms. The Morgan fingerprint density at radius 2 is 1.77 bits per heavy atom. The maximum absolute atomic E-state index is 12.5. The molecule has 6 nitrogen and oxygen atoms in total. The van der Waals surface area contributed by atoms with Crippen LogP contribution in [0.15, 0.2) is 46.2 Å². The van der Waals surface area contributed by atoms with Crippen LogP contribution in [0.4, 0.5) is 0 Å². The molecule has 3 N–H and O–H groups in total. The topological polar surface area (TPSA) is 94.4 Å². The quantitative estimate of drug-likeness (QED) is 0.580. The fourth-order valence-corrected chi connectivity index (χ4v) is 2.68. The van der Waals surface area contributed by atoms with Crippen LogP contribution in [0.3, 0.4) is 0 Å². The summed E-state index contributed by atoms with van der Waals surface area (Å²) in [5, 5.41) is 0.161. The van der Waals surface area contributed by atoms with Crippen molar-refractivity contribution in [1.29, 1.82) is 0 Å². The number of nitrogens with one attached hydrogen (secondary N) is 3. The number of benzene rings is 1. The highest BCUT2D eigenvalue weighted by atomic mass is 16.1. The molecule has 2 heterocycles. The van der Waals surface area contributed by atoms with Crippen LogP contribution in [0.25, 0.3) is 11.5 Å². The lowest BCUT2D eigenvalue weighted by Gasteiger charge is -2.18. The average Bonchev–Trinajstić information content (AvgIpc) is 3.08. The van der Waals surface area contributed by atoms with Gasteiger partial charge in [0.05, 0.1) is 12.0 Å². The summed E-state index contributed by atoms with van der Waals surface area (Å²) in [5.41, 5.74) is 1.02. The number of imidazole rings is 1. The zero-order chi connectivity index (χ0) is 18.9. The van der Waals surface area contributed by atoms with Crippen LogP contribution in [0.1, 0.15) is 37.7 Å². The molecular weight excluding hydrogens is 327 g/mol. The number of H-pyrrole nitrogens is 3. The lowest BCUT2D eigenvalue weighted by Crippen LogP contribution is -2.48. The number of nitrogens with zero attached hydrogens (tertiary/aromatic N) is 1. The van der Waals surface area contributed by atoms with Crippen molar-refractivity contribution in [3.63, 3.8) is 0 Å². The molecule has 1 aromatic carbocycles. The van der Waals surface area contributed by atoms with E-state index in [-0.39, 0.29) is 21.6 Å². The lowest BCUT2D eigenvalue weighted by molar-refractivity contribution is 0.571. The fraction of sp³-hybridized carbons (Fsp3) is 0.211. The minimum atomic E-state index is -0.479. The van der Waals surface area contributed by atoms with Gasteiger partial charge in [-0.3, -0.25) is 9.59 Å². The highest BCUT2D eigenvalue weighted by molar-refractivity contribution is 6.41. The van der Waals surface area contributed by atoms with Gasteiger partial charge in [-0.2, -0.15) is 0 Å². The van der Waals surface area contributed by atoms with Crippen molar-refractivity contribution in [3.05, 3.63) is 85.0 Å². The molecule has 0 spiro atoms. The smallest absolute Gasteiger partial charge is 0.272 e. The molecular formula is C19H19BN4O2. The van der Waals surface area contributed by atoms with Gasteiger partial charge in [0.15, 0.2) is 0 Å². The summed E-state index contributed by atoms with van der Waals surface area (Å²) in [6.07, 6.45) is 3.13. The normalized spacial score (nSPS) is 13.7. The first-order valence-electron chi connectivity index (χ1n) is 8.21. The Labute approximate surface area is 151 Å². The third-order valence-corrected chi connectivity index (χ3v) is 3.98. The van der Waals surface area contributed by atoms with Crippen LogP contribution >= 0.6 is 0 Å². The number of aromatic amines is 3. The van der Waals surface area contributed by atoms with Crippen molar-refractivity contribution in [3.8, 4) is 0 Å². The minimum Gasteiger partial charge on any atom is -0.348 e. The molecule has 2 aromatic heterocycles. The zero-order valence-corrected chi connectivity index (χ0v) is 14.9. The van der Waals surface area contributed by atoms with Gasteiger partial charge in [-0.25, -0.2) is 4.98 Å². The van der Waals surface area contributed by atoms with Crippen LogP contribution in [-0.2, 0) is 5.41 Å². The third-order valence-electron chi connectivity index (χ3n) is 3.98. The molecule has 0 aliphatic carbocycles. The largest absolute Gasteiger partial charge is 0.348 e. The SMILES string of the molecule is [B]/C(c1nc[nH]c1C(C)(C)C)=c1/[nH]c(=O)/c(=C/c2ccccc2)[nH]c1=O. The maximum Gasteiger partial charge on any atom is 0.272 e. The van der Waals surface area contributed by atoms with Gasteiger partial charge < -0.3 is 15.0 Å². The summed E-state index contributed by atoms with van der Waals surface area (Å²) < 4.78 is 0. The summed E-state index contributed by atoms with van der Waals surface area (Å²) in [6.45, 7) is 6.01. The lowest BCUT2D eigenvalue weighted by atomic mass is 9.83. The van der Waals surface area contributed by atoms with Gasteiger partial charge in [-0.15, -0.1) is 0 Å². The first kappa shape index (κ1) is 17.7. The standard InChI is InChI=1S/C19H19BN4O2/c1-19(2,3)16-14(21-10-22-16)13(20)15-18(26)23-12(17(25)24-15)9-11-7-5-4-6-8-11/h4-10H,1-3H3,(H,21,22)(H,23,26)(H,24,25)/b12-9-,15-13+. The van der Waals surface area contributed by atoms with E-state index in [0.29, 0.717) is 5.69 Å². The summed E-state index contributed by atoms with van der Waals surface area (Å²) in [7, 11) is 6.16. The van der Waals surface area contributed by atoms with Gasteiger partial charge >= 0.3 is 0 Å². The molecule has 0 fully saturated rings. The Bertz CT molecular complexity index is 1160. The maximum atomic E-state index is 12.5. The average molecular weight is 346 g/mol. The summed E-state index contributed by atoms with van der Waals surface area (Å²) >= 11 is 0. The van der Waals surface area contributed by atoms with E-state index in [1.54, 1.807) is 6.08 Å². The molecule has 0 atom stereocenters. The Morgan fingerprint density at radius 1 is 1.08 bits per heavy atom. The van der Waals surface area contributed by atoms with Crippen LogP contribution in [0.2, 0.25) is 0 Å². The first-order valence-corrected chi connectivity index (χ1v) is 8.21. The van der Waals surface area contributed by atoms with Crippen LogP contribution in [-0.4, -0.2) is 27.8 Å². The molecule has 3 aromatic rings. The Morgan fingerprint density at radius 3 is 2.42 bits per heavy atom. The molecule has 7 heteroatoms. The van der Waals surface area contributed by atoms with Crippen molar-refractivity contribution in [1.82, 2.24) is 19.9 Å². The van der Waals surface area contributed by atoms with E-state index in [9.17, 15) is 9.59 Å². The number of hydrogen-bond acceptors (Lipinski definition) is 3. The fourth-order valence-electron chi connectivity index (χ4n) is 2.68. The Hall–Kier alpha value is -3.09. The second kappa shape index (κ2) is 6.67. The highest BCUT2D eigenvalue weighted by Gasteiger charge is 2.21. The number of aromatic nitrogens is 4. The molecule has 130 valence electrons. The molecule has 0 unspecified atom stereocenters. The summed E-state index contributed by atoms with van der Waals surface area (Å²) in [4.78, 5) is 37.4. The van der Waals surface area contributed by atoms with E-state index in [1.807, 2.05) is 51.1 Å². The summed E-state index contributed by atoms with van der Waals surface area (Å²) in [6, 6.07) is 9.25. The number of hydrogen-bond donors (Lipinski definition) is 3. The predicted octanol–water partition coefficient (Wildman–Crippen LogP) is 0.238. The monoisotopic (exact) mass is 346 g/mol. The van der Waals surface area contributed by atoms with E-state index in [1.165, 1.54) is 6.33 Å². The second-order valence-electron chi connectivity index (χ2n) is 7.04. The van der Waals surface area contributed by atoms with Gasteiger partial charge in [0.1, 0.15) is 18.5 Å². The zero-order valence-electron chi connectivity index (χ0n) is 14.9. The van der Waals surface area contributed by atoms with Crippen molar-refractivity contribution in [2.24, 2.45) is 0 Å². The molecule has 0 aliphatic heterocycles. The van der Waals surface area contributed by atoms with E-state index < -0.39 is 11.1 Å². The van der Waals surface area contributed by atoms with Crippen LogP contribution in [0, 0.1) is 0 Å². The van der Waals surface area contributed by atoms with E-state index in [4.69, 9.17) is 7.85 Å². The van der Waals surface area contributed by atoms with E-state index >= 15 is 0 Å². The third kappa shape index (κ3) is 3.47. The second-order valence-corrected chi connectivity index (χ2v) is 7.04. The highest BCUT2D eigenvalue weighted by Crippen LogP contribution is 2.24. The molecule has 0 bridgehead atoms. The first-order chi connectivity index (χ1) is 12.3. The van der Waals surface area contributed by atoms with Gasteiger partial charge in [0, 0.05) is 11.1 Å². The predicted molar refractivity (Wildman–Crippen MR) is 102 cm³/mol. The van der Waals surface area contributed by atoms with Crippen molar-refractivity contribution < 1.29 is 0 Å². The molecule has 2 radical (unpaired) electrons. The molecule has 0 saturated heterocycles. The summed E-state index contributed by atoms with van der Waals surface area (Å²) in [5.74, 6) is 0. The molecule has 3 rings (SSSR count). The Kier molecular flexibility index (Phi) is 4.55. The van der Waals surface area contributed by atoms with Gasteiger partial charge in [0.2, 0.25) is 0 Å². The molecule has 0 saturated carbocycles. The molecule has 0 amide bonds. The van der Waals surface area contributed by atoms with Crippen LogP contribution in [0.5, 0.6) is 0 Å². The molecule has 0 aliphatic rings. The van der Waals surface area contributed by atoms with Crippen molar-refractivity contribution in [2.45, 2.75) is 26.2 Å². The van der Waals surface area contributed by atoms with Gasteiger partial charge in [0.25, 0.3) is 11.1 Å². The van der Waals surface area contributed by atoms with Gasteiger partial charge in [-0.1, -0.05) is 51.1 Å². The van der Waals surface area contributed by atoms with E-state index in [2.05, 4.69) is 19.9 Å². The van der Waals surface area contributed by atoms with Gasteiger partial charge in [-0.05, 0) is 17.1 Å². The van der Waals surface area contributed by atoms with Crippen molar-refractivity contribution >= 4 is 19.4 Å². The van der Waals surface area contributed by atoms with Crippen LogP contribution < -0.4 is 21.8 Å². The van der Waals surface area contributed by atoms with E-state index in [0.717, 1.165) is 11.3 Å². The Balaban J connectivity index is 2.23. The van der Waals surface area contributed by atoms with Crippen molar-refractivity contribution in [2.75, 3.05) is 0 Å².